The zero-order valence-corrected chi connectivity index (χ0v) is 20.4. The second-order valence-corrected chi connectivity index (χ2v) is 11.3. The summed E-state index contributed by atoms with van der Waals surface area (Å²) in [7, 11) is 0. The minimum Gasteiger partial charge on any atom is -0.359 e. The van der Waals surface area contributed by atoms with E-state index in [1.165, 1.54) is 34.8 Å². The van der Waals surface area contributed by atoms with Crippen molar-refractivity contribution in [1.29, 1.82) is 0 Å². The van der Waals surface area contributed by atoms with Gasteiger partial charge in [-0.25, -0.2) is 24.3 Å². The molecule has 4 aromatic rings. The molecule has 174 valence electrons. The smallest absolute Gasteiger partial charge is 0.274 e. The van der Waals surface area contributed by atoms with Crippen molar-refractivity contribution in [2.45, 2.75) is 38.8 Å². The lowest BCUT2D eigenvalue weighted by Gasteiger charge is -2.57. The molecule has 34 heavy (non-hydrogen) atoms. The number of nitrogens with zero attached hydrogens (tertiary/aromatic N) is 5. The largest absolute Gasteiger partial charge is 0.359 e. The lowest BCUT2D eigenvalue weighted by molar-refractivity contribution is -0.0504. The van der Waals surface area contributed by atoms with Crippen molar-refractivity contribution in [2.75, 3.05) is 11.9 Å². The highest BCUT2D eigenvalue weighted by Gasteiger charge is 2.51. The Balaban J connectivity index is 1.29. The summed E-state index contributed by atoms with van der Waals surface area (Å²) in [5.74, 6) is 1.19. The Morgan fingerprint density at radius 1 is 1.21 bits per heavy atom. The molecule has 1 unspecified atom stereocenters. The molecule has 3 aromatic heterocycles. The molecule has 1 amide bonds. The van der Waals surface area contributed by atoms with Gasteiger partial charge in [0.1, 0.15) is 10.7 Å². The number of aryl methyl sites for hydroxylation is 1. The van der Waals surface area contributed by atoms with Gasteiger partial charge in [0.05, 0.1) is 21.3 Å². The van der Waals surface area contributed by atoms with Crippen molar-refractivity contribution >= 4 is 43.9 Å². The van der Waals surface area contributed by atoms with Crippen LogP contribution in [-0.2, 0) is 0 Å². The summed E-state index contributed by atoms with van der Waals surface area (Å²) >= 11 is 2.88. The van der Waals surface area contributed by atoms with Gasteiger partial charge in [-0.15, -0.1) is 11.3 Å². The van der Waals surface area contributed by atoms with Crippen molar-refractivity contribution in [3.05, 3.63) is 53.2 Å². The zero-order chi connectivity index (χ0) is 23.4. The first-order valence-corrected chi connectivity index (χ1v) is 13.0. The first kappa shape index (κ1) is 21.5. The maximum atomic E-state index is 13.9. The van der Waals surface area contributed by atoms with Gasteiger partial charge < -0.3 is 10.2 Å². The average molecular weight is 495 g/mol. The van der Waals surface area contributed by atoms with E-state index in [2.05, 4.69) is 32.2 Å². The van der Waals surface area contributed by atoms with Crippen molar-refractivity contribution in [3.8, 4) is 10.7 Å². The number of benzene rings is 1. The topological polar surface area (TPSA) is 83.9 Å². The number of carbonyl (C=O) groups excluding carboxylic acids is 1. The van der Waals surface area contributed by atoms with Gasteiger partial charge in [0.15, 0.2) is 16.6 Å². The van der Waals surface area contributed by atoms with Crippen LogP contribution in [-0.4, -0.2) is 49.4 Å². The second-order valence-electron chi connectivity index (χ2n) is 9.02. The van der Waals surface area contributed by atoms with Gasteiger partial charge in [-0.2, -0.15) is 0 Å². The number of amides is 1. The predicted molar refractivity (Wildman–Crippen MR) is 132 cm³/mol. The van der Waals surface area contributed by atoms with E-state index in [4.69, 9.17) is 0 Å². The van der Waals surface area contributed by atoms with E-state index in [1.54, 1.807) is 24.5 Å². The van der Waals surface area contributed by atoms with Gasteiger partial charge in [0.2, 0.25) is 0 Å². The number of carbonyl (C=O) groups is 1. The fraction of sp³-hybridized carbons (Fsp3) is 0.375. The number of thiazole rings is 2. The molecule has 3 aliphatic rings. The van der Waals surface area contributed by atoms with Crippen LogP contribution in [0.4, 0.5) is 9.52 Å². The summed E-state index contributed by atoms with van der Waals surface area (Å²) in [5, 5.41) is 4.99. The lowest BCUT2D eigenvalue weighted by atomic mass is 9.64. The summed E-state index contributed by atoms with van der Waals surface area (Å²) < 4.78 is 14.4. The molecule has 0 radical (unpaired) electrons. The highest BCUT2D eigenvalue weighted by molar-refractivity contribution is 7.22. The van der Waals surface area contributed by atoms with E-state index < -0.39 is 0 Å². The van der Waals surface area contributed by atoms with E-state index in [0.29, 0.717) is 29.9 Å². The summed E-state index contributed by atoms with van der Waals surface area (Å²) in [6, 6.07) is 6.62. The molecule has 2 saturated heterocycles. The summed E-state index contributed by atoms with van der Waals surface area (Å²) in [6.07, 6.45) is 5.43. The third-order valence-electron chi connectivity index (χ3n) is 7.00. The number of rotatable bonds is 5. The zero-order valence-electron chi connectivity index (χ0n) is 18.7. The average Bonchev–Trinajstić information content (AvgIpc) is 3.39. The van der Waals surface area contributed by atoms with E-state index in [1.807, 2.05) is 11.8 Å². The van der Waals surface area contributed by atoms with Gasteiger partial charge in [-0.1, -0.05) is 18.3 Å². The Labute approximate surface area is 204 Å². The van der Waals surface area contributed by atoms with Crippen LogP contribution in [0.1, 0.15) is 35.3 Å². The third-order valence-corrected chi connectivity index (χ3v) is 8.95. The lowest BCUT2D eigenvalue weighted by Crippen LogP contribution is -2.64. The molecule has 2 aliphatic heterocycles. The van der Waals surface area contributed by atoms with Gasteiger partial charge in [-0.3, -0.25) is 4.79 Å². The van der Waals surface area contributed by atoms with Gasteiger partial charge in [0.25, 0.3) is 5.91 Å². The quantitative estimate of drug-likeness (QED) is 0.420. The first-order chi connectivity index (χ1) is 16.5. The minimum absolute atomic E-state index is 0.0142. The Morgan fingerprint density at radius 3 is 2.79 bits per heavy atom. The van der Waals surface area contributed by atoms with Crippen LogP contribution < -0.4 is 5.32 Å². The molecule has 7 rings (SSSR count). The Bertz CT molecular complexity index is 1370. The van der Waals surface area contributed by atoms with Gasteiger partial charge >= 0.3 is 0 Å². The molecule has 1 aliphatic carbocycles. The molecule has 10 heteroatoms. The fourth-order valence-electron chi connectivity index (χ4n) is 5.15. The van der Waals surface area contributed by atoms with Crippen molar-refractivity contribution < 1.29 is 9.18 Å². The molecule has 2 atom stereocenters. The molecule has 1 saturated carbocycles. The fourth-order valence-corrected chi connectivity index (χ4v) is 6.91. The van der Waals surface area contributed by atoms with Crippen molar-refractivity contribution in [1.82, 2.24) is 24.8 Å². The number of fused-ring (bicyclic) bond motifs is 3. The van der Waals surface area contributed by atoms with Crippen LogP contribution in [0.5, 0.6) is 0 Å². The van der Waals surface area contributed by atoms with E-state index in [0.717, 1.165) is 38.1 Å². The van der Waals surface area contributed by atoms with Crippen molar-refractivity contribution in [3.63, 3.8) is 0 Å². The number of hydrogen-bond acceptors (Lipinski definition) is 8. The first-order valence-electron chi connectivity index (χ1n) is 11.4. The Hall–Kier alpha value is -2.98. The molecular weight excluding hydrogens is 471 g/mol. The van der Waals surface area contributed by atoms with Crippen LogP contribution in [0.2, 0.25) is 0 Å². The maximum Gasteiger partial charge on any atom is 0.274 e. The second kappa shape index (κ2) is 8.35. The maximum absolute atomic E-state index is 13.9. The Morgan fingerprint density at radius 2 is 2.00 bits per heavy atom. The predicted octanol–water partition coefficient (Wildman–Crippen LogP) is 5.01. The standard InChI is InChI=1S/C24H23FN6OS2/c1-12-14-8-16(9-14)31(18(12)11-28-24-30-17-5-4-15(25)10-19(17)34-24)23(32)20-21(33-13(2)29-20)22-26-6-3-7-27-22/h3-7,10,12,14,16,18H,8-9,11H2,1-2H3,(H,28,30)/t12-,14?,16?,18?/m1/s1. The molecule has 0 spiro atoms. The molecule has 5 heterocycles. The number of nitrogens with one attached hydrogen (secondary N) is 1. The van der Waals surface area contributed by atoms with Crippen LogP contribution in [0.25, 0.3) is 20.9 Å². The van der Waals surface area contributed by atoms with E-state index in [9.17, 15) is 9.18 Å². The SMILES string of the molecule is Cc1nc(C(=O)N2C3CC(C3)[C@@H](C)C2CNc2nc3ccc(F)cc3s2)c(-c2ncccn2)s1. The van der Waals surface area contributed by atoms with Crippen LogP contribution in [0.15, 0.2) is 36.7 Å². The van der Waals surface area contributed by atoms with Gasteiger partial charge in [-0.05, 0) is 55.9 Å². The van der Waals surface area contributed by atoms with E-state index >= 15 is 0 Å². The molecule has 2 bridgehead atoms. The minimum atomic E-state index is -0.266. The summed E-state index contributed by atoms with van der Waals surface area (Å²) in [5.41, 5.74) is 1.21. The third kappa shape index (κ3) is 3.65. The normalized spacial score (nSPS) is 23.7. The molecule has 1 N–H and O–H groups in total. The molecular formula is C24H23FN6OS2. The number of halogens is 1. The number of aromatic nitrogens is 4. The van der Waals surface area contributed by atoms with Crippen LogP contribution in [0.3, 0.4) is 0 Å². The Kier molecular flexibility index (Phi) is 5.29. The molecule has 7 nitrogen and oxygen atoms in total. The number of anilines is 1. The highest BCUT2D eigenvalue weighted by Crippen LogP contribution is 2.47. The summed E-state index contributed by atoms with van der Waals surface area (Å²) in [4.78, 5) is 34.6. The van der Waals surface area contributed by atoms with Crippen LogP contribution >= 0.6 is 22.7 Å². The monoisotopic (exact) mass is 494 g/mol. The summed E-state index contributed by atoms with van der Waals surface area (Å²) in [6.45, 7) is 4.72. The molecule has 1 aromatic carbocycles. The molecule has 3 fully saturated rings. The highest BCUT2D eigenvalue weighted by atomic mass is 32.1. The van der Waals surface area contributed by atoms with E-state index in [-0.39, 0.29) is 23.8 Å². The number of piperidine rings is 2. The van der Waals surface area contributed by atoms with Crippen LogP contribution in [0, 0.1) is 24.6 Å². The van der Waals surface area contributed by atoms with Crippen molar-refractivity contribution in [2.24, 2.45) is 11.8 Å². The number of hydrogen-bond donors (Lipinski definition) is 1. The van der Waals surface area contributed by atoms with Gasteiger partial charge in [0, 0.05) is 25.0 Å².